The van der Waals surface area contributed by atoms with Gasteiger partial charge in [0.15, 0.2) is 0 Å². The first kappa shape index (κ1) is 17.0. The molecule has 0 heterocycles. The second-order valence-electron chi connectivity index (χ2n) is 6.92. The minimum absolute atomic E-state index is 0.235. The average Bonchev–Trinajstić information content (AvgIpc) is 2.37. The number of hydrogen-bond acceptors (Lipinski definition) is 0. The van der Waals surface area contributed by atoms with E-state index in [4.69, 9.17) is 0 Å². The van der Waals surface area contributed by atoms with Crippen molar-refractivity contribution < 1.29 is 0 Å². The second kappa shape index (κ2) is 7.67. The summed E-state index contributed by atoms with van der Waals surface area (Å²) in [5.41, 5.74) is 4.69. The highest BCUT2D eigenvalue weighted by Gasteiger charge is 2.18. The zero-order valence-corrected chi connectivity index (χ0v) is 14.3. The Morgan fingerprint density at radius 3 is 2.35 bits per heavy atom. The van der Waals surface area contributed by atoms with Crippen molar-refractivity contribution in [1.82, 2.24) is 0 Å². The van der Waals surface area contributed by atoms with Crippen molar-refractivity contribution in [3.05, 3.63) is 47.0 Å². The summed E-state index contributed by atoms with van der Waals surface area (Å²) in [6.45, 7) is 13.7. The van der Waals surface area contributed by atoms with Gasteiger partial charge in [-0.2, -0.15) is 0 Å². The maximum Gasteiger partial charge on any atom is -0.0125 e. The normalized spacial score (nSPS) is 13.9. The van der Waals surface area contributed by atoms with Crippen molar-refractivity contribution in [2.45, 2.75) is 78.6 Å². The molecule has 0 spiro atoms. The molecule has 0 saturated carbocycles. The Labute approximate surface area is 126 Å². The Morgan fingerprint density at radius 1 is 1.10 bits per heavy atom. The van der Waals surface area contributed by atoms with Crippen LogP contribution in [0.4, 0.5) is 0 Å². The molecule has 1 aromatic rings. The Balaban J connectivity index is 3.08. The molecule has 0 saturated heterocycles. The molecule has 0 bridgehead atoms. The van der Waals surface area contributed by atoms with E-state index in [0.717, 1.165) is 6.42 Å². The first-order valence-corrected chi connectivity index (χ1v) is 8.16. The lowest BCUT2D eigenvalue weighted by Gasteiger charge is -2.24. The summed E-state index contributed by atoms with van der Waals surface area (Å²) in [6.07, 6.45) is 9.51. The van der Waals surface area contributed by atoms with Gasteiger partial charge in [-0.1, -0.05) is 71.4 Å². The van der Waals surface area contributed by atoms with E-state index < -0.39 is 0 Å². The zero-order valence-electron chi connectivity index (χ0n) is 14.3. The van der Waals surface area contributed by atoms with E-state index in [9.17, 15) is 0 Å². The van der Waals surface area contributed by atoms with Gasteiger partial charge in [0, 0.05) is 0 Å². The molecule has 0 nitrogen and oxygen atoms in total. The van der Waals surface area contributed by atoms with Crippen LogP contribution in [0, 0.1) is 6.92 Å². The van der Waals surface area contributed by atoms with E-state index in [1.807, 2.05) is 0 Å². The van der Waals surface area contributed by atoms with Crippen molar-refractivity contribution in [3.8, 4) is 0 Å². The summed E-state index contributed by atoms with van der Waals surface area (Å²) in [5.74, 6) is 0.671. The van der Waals surface area contributed by atoms with Gasteiger partial charge in [-0.25, -0.2) is 0 Å². The predicted molar refractivity (Wildman–Crippen MR) is 91.6 cm³/mol. The predicted octanol–water partition coefficient (Wildman–Crippen LogP) is 6.53. The molecule has 0 heteroatoms. The quantitative estimate of drug-likeness (QED) is 0.516. The van der Waals surface area contributed by atoms with E-state index in [-0.39, 0.29) is 5.41 Å². The van der Waals surface area contributed by atoms with Gasteiger partial charge in [-0.05, 0) is 54.2 Å². The maximum atomic E-state index is 2.45. The summed E-state index contributed by atoms with van der Waals surface area (Å²) in [5, 5.41) is 0. The molecular formula is C20H32. The lowest BCUT2D eigenvalue weighted by atomic mass is 9.81. The molecule has 1 rings (SSSR count). The van der Waals surface area contributed by atoms with E-state index in [0.29, 0.717) is 5.92 Å². The molecule has 0 aliphatic heterocycles. The van der Waals surface area contributed by atoms with Crippen LogP contribution in [0.2, 0.25) is 0 Å². The minimum Gasteiger partial charge on any atom is -0.0888 e. The Kier molecular flexibility index (Phi) is 6.52. The Morgan fingerprint density at radius 2 is 1.80 bits per heavy atom. The minimum atomic E-state index is 0.235. The van der Waals surface area contributed by atoms with Gasteiger partial charge in [0.25, 0.3) is 0 Å². The van der Waals surface area contributed by atoms with E-state index >= 15 is 0 Å². The smallest absolute Gasteiger partial charge is 0.0125 e. The number of benzene rings is 1. The van der Waals surface area contributed by atoms with Crippen LogP contribution in [0.5, 0.6) is 0 Å². The van der Waals surface area contributed by atoms with E-state index in [2.05, 4.69) is 71.9 Å². The standard InChI is InChI=1S/C20H32/c1-7-9-10-12-17(11-8-2)19-15-18(20(4,5)6)14-13-16(19)3/h9-10,13-15,17H,7-8,11-12H2,1-6H3/b10-9-. The topological polar surface area (TPSA) is 0 Å². The number of hydrogen-bond donors (Lipinski definition) is 0. The third-order valence-corrected chi connectivity index (χ3v) is 4.05. The highest BCUT2D eigenvalue weighted by molar-refractivity contribution is 5.37. The molecule has 0 amide bonds. The third-order valence-electron chi connectivity index (χ3n) is 4.05. The first-order valence-electron chi connectivity index (χ1n) is 8.16. The number of rotatable bonds is 6. The van der Waals surface area contributed by atoms with Crippen molar-refractivity contribution in [1.29, 1.82) is 0 Å². The van der Waals surface area contributed by atoms with Crippen LogP contribution in [0.25, 0.3) is 0 Å². The average molecular weight is 272 g/mol. The maximum absolute atomic E-state index is 2.45. The van der Waals surface area contributed by atoms with Crippen LogP contribution in [-0.2, 0) is 5.41 Å². The van der Waals surface area contributed by atoms with Crippen LogP contribution in [-0.4, -0.2) is 0 Å². The van der Waals surface area contributed by atoms with Gasteiger partial charge < -0.3 is 0 Å². The highest BCUT2D eigenvalue weighted by Crippen LogP contribution is 2.32. The van der Waals surface area contributed by atoms with Gasteiger partial charge in [0.1, 0.15) is 0 Å². The summed E-state index contributed by atoms with van der Waals surface area (Å²) in [4.78, 5) is 0. The third kappa shape index (κ3) is 4.81. The summed E-state index contributed by atoms with van der Waals surface area (Å²) >= 11 is 0. The molecule has 0 aliphatic rings. The summed E-state index contributed by atoms with van der Waals surface area (Å²) < 4.78 is 0. The fourth-order valence-corrected chi connectivity index (χ4v) is 2.72. The van der Waals surface area contributed by atoms with Gasteiger partial charge in [-0.15, -0.1) is 0 Å². The molecule has 112 valence electrons. The fraction of sp³-hybridized carbons (Fsp3) is 0.600. The van der Waals surface area contributed by atoms with Crippen LogP contribution in [0.15, 0.2) is 30.4 Å². The summed E-state index contributed by atoms with van der Waals surface area (Å²) in [7, 11) is 0. The molecule has 0 radical (unpaired) electrons. The Bertz CT molecular complexity index is 432. The molecule has 1 unspecified atom stereocenters. The van der Waals surface area contributed by atoms with Crippen LogP contribution >= 0.6 is 0 Å². The van der Waals surface area contributed by atoms with Crippen molar-refractivity contribution in [3.63, 3.8) is 0 Å². The lowest BCUT2D eigenvalue weighted by molar-refractivity contribution is 0.580. The zero-order chi connectivity index (χ0) is 15.2. The van der Waals surface area contributed by atoms with Crippen LogP contribution in [0.3, 0.4) is 0 Å². The van der Waals surface area contributed by atoms with Gasteiger partial charge in [0.05, 0.1) is 0 Å². The van der Waals surface area contributed by atoms with Crippen molar-refractivity contribution >= 4 is 0 Å². The molecule has 1 aromatic carbocycles. The Hall–Kier alpha value is -1.04. The van der Waals surface area contributed by atoms with Gasteiger partial charge in [0.2, 0.25) is 0 Å². The molecule has 20 heavy (non-hydrogen) atoms. The van der Waals surface area contributed by atoms with Gasteiger partial charge >= 0.3 is 0 Å². The molecule has 0 aromatic heterocycles. The first-order chi connectivity index (χ1) is 9.40. The van der Waals surface area contributed by atoms with E-state index in [1.54, 1.807) is 5.56 Å². The van der Waals surface area contributed by atoms with E-state index in [1.165, 1.54) is 30.4 Å². The molecule has 0 fully saturated rings. The van der Waals surface area contributed by atoms with Crippen LogP contribution in [0.1, 0.15) is 82.9 Å². The second-order valence-corrected chi connectivity index (χ2v) is 6.92. The molecule has 1 atom stereocenters. The summed E-state index contributed by atoms with van der Waals surface area (Å²) in [6, 6.07) is 7.06. The van der Waals surface area contributed by atoms with Crippen molar-refractivity contribution in [2.75, 3.05) is 0 Å². The van der Waals surface area contributed by atoms with Gasteiger partial charge in [-0.3, -0.25) is 0 Å². The van der Waals surface area contributed by atoms with Crippen LogP contribution < -0.4 is 0 Å². The number of aryl methyl sites for hydroxylation is 1. The monoisotopic (exact) mass is 272 g/mol. The SMILES string of the molecule is CC/C=C\CC(CCC)c1cc(C(C)(C)C)ccc1C. The van der Waals surface area contributed by atoms with Crippen molar-refractivity contribution in [2.24, 2.45) is 0 Å². The molecule has 0 aliphatic carbocycles. The molecular weight excluding hydrogens is 240 g/mol. The highest BCUT2D eigenvalue weighted by atomic mass is 14.2. The lowest BCUT2D eigenvalue weighted by Crippen LogP contribution is -2.12. The largest absolute Gasteiger partial charge is 0.0888 e. The number of allylic oxidation sites excluding steroid dienone is 2. The molecule has 0 N–H and O–H groups in total. The fourth-order valence-electron chi connectivity index (χ4n) is 2.72.